The van der Waals surface area contributed by atoms with Crippen molar-refractivity contribution in [1.29, 1.82) is 0 Å². The maximum absolute atomic E-state index is 12.3. The molecular weight excluding hydrogens is 266 g/mol. The highest BCUT2D eigenvalue weighted by Gasteiger charge is 2.23. The van der Waals surface area contributed by atoms with E-state index in [4.69, 9.17) is 0 Å². The Kier molecular flexibility index (Phi) is 3.64. The number of benzene rings is 1. The van der Waals surface area contributed by atoms with Crippen LogP contribution in [0.1, 0.15) is 36.0 Å². The van der Waals surface area contributed by atoms with E-state index < -0.39 is 0 Å². The summed E-state index contributed by atoms with van der Waals surface area (Å²) in [5.74, 6) is -0.322. The van der Waals surface area contributed by atoms with E-state index in [0.717, 1.165) is 36.6 Å². The molecule has 0 unspecified atom stereocenters. The van der Waals surface area contributed by atoms with Gasteiger partial charge in [0.25, 0.3) is 5.91 Å². The molecule has 1 aromatic heterocycles. The Bertz CT molecular complexity index is 684. The molecule has 3 rings (SSSR count). The van der Waals surface area contributed by atoms with Gasteiger partial charge in [0.05, 0.1) is 5.56 Å². The molecular formula is C16H19N3O2. The summed E-state index contributed by atoms with van der Waals surface area (Å²) in [6.07, 6.45) is 5.79. The highest BCUT2D eigenvalue weighted by molar-refractivity contribution is 6.07. The van der Waals surface area contributed by atoms with Crippen LogP contribution in [0.25, 0.3) is 10.9 Å². The van der Waals surface area contributed by atoms with E-state index in [1.807, 2.05) is 35.9 Å². The molecule has 1 aromatic carbocycles. The normalized spacial score (nSPS) is 15.3. The topological polar surface area (TPSA) is 63.1 Å². The van der Waals surface area contributed by atoms with Gasteiger partial charge in [0, 0.05) is 30.1 Å². The van der Waals surface area contributed by atoms with Gasteiger partial charge in [0.2, 0.25) is 5.91 Å². The maximum Gasteiger partial charge on any atom is 0.271 e. The Labute approximate surface area is 123 Å². The summed E-state index contributed by atoms with van der Waals surface area (Å²) < 4.78 is 1.91. The number of hydrogen-bond donors (Lipinski definition) is 2. The van der Waals surface area contributed by atoms with Crippen LogP contribution in [-0.2, 0) is 11.8 Å². The summed E-state index contributed by atoms with van der Waals surface area (Å²) in [6, 6.07) is 7.70. The minimum atomic E-state index is -0.279. The van der Waals surface area contributed by atoms with Gasteiger partial charge in [-0.3, -0.25) is 20.4 Å². The summed E-state index contributed by atoms with van der Waals surface area (Å²) in [6.45, 7) is 0. The molecule has 1 heterocycles. The Hall–Kier alpha value is -2.30. The summed E-state index contributed by atoms with van der Waals surface area (Å²) >= 11 is 0. The molecule has 21 heavy (non-hydrogen) atoms. The van der Waals surface area contributed by atoms with E-state index in [1.54, 1.807) is 6.20 Å². The molecule has 0 aliphatic heterocycles. The van der Waals surface area contributed by atoms with Gasteiger partial charge in [-0.1, -0.05) is 31.0 Å². The van der Waals surface area contributed by atoms with E-state index in [-0.39, 0.29) is 17.7 Å². The lowest BCUT2D eigenvalue weighted by Gasteiger charge is -2.11. The fraction of sp³-hybridized carbons (Fsp3) is 0.375. The predicted molar refractivity (Wildman–Crippen MR) is 80.5 cm³/mol. The lowest BCUT2D eigenvalue weighted by atomic mass is 10.1. The van der Waals surface area contributed by atoms with Crippen LogP contribution in [0.5, 0.6) is 0 Å². The zero-order valence-electron chi connectivity index (χ0n) is 12.1. The first-order valence-electron chi connectivity index (χ1n) is 7.31. The number of amides is 2. The molecule has 110 valence electrons. The van der Waals surface area contributed by atoms with E-state index in [9.17, 15) is 9.59 Å². The van der Waals surface area contributed by atoms with Crippen LogP contribution in [0, 0.1) is 5.92 Å². The number of para-hydroxylation sites is 1. The molecule has 1 aliphatic rings. The third kappa shape index (κ3) is 2.63. The molecule has 0 atom stereocenters. The zero-order chi connectivity index (χ0) is 14.8. The Morgan fingerprint density at radius 1 is 1.14 bits per heavy atom. The van der Waals surface area contributed by atoms with Gasteiger partial charge >= 0.3 is 0 Å². The molecule has 0 spiro atoms. The highest BCUT2D eigenvalue weighted by atomic mass is 16.2. The molecule has 2 aromatic rings. The van der Waals surface area contributed by atoms with Gasteiger partial charge in [-0.15, -0.1) is 0 Å². The van der Waals surface area contributed by atoms with Crippen LogP contribution in [0.3, 0.4) is 0 Å². The molecule has 5 heteroatoms. The third-order valence-electron chi connectivity index (χ3n) is 4.17. The third-order valence-corrected chi connectivity index (χ3v) is 4.17. The van der Waals surface area contributed by atoms with Gasteiger partial charge in [-0.25, -0.2) is 0 Å². The van der Waals surface area contributed by atoms with Crippen LogP contribution in [0.4, 0.5) is 0 Å². The number of nitrogens with zero attached hydrogens (tertiary/aromatic N) is 1. The Morgan fingerprint density at radius 2 is 1.86 bits per heavy atom. The standard InChI is InChI=1S/C16H19N3O2/c1-19-10-13(12-8-4-5-9-14(12)19)16(21)18-17-15(20)11-6-2-3-7-11/h4-5,8-11H,2-3,6-7H2,1H3,(H,17,20)(H,18,21). The van der Waals surface area contributed by atoms with Gasteiger partial charge in [0.15, 0.2) is 0 Å². The number of hydrazine groups is 1. The molecule has 1 fully saturated rings. The maximum atomic E-state index is 12.3. The molecule has 2 amide bonds. The van der Waals surface area contributed by atoms with Crippen molar-refractivity contribution >= 4 is 22.7 Å². The first kappa shape index (κ1) is 13.7. The van der Waals surface area contributed by atoms with Crippen LogP contribution >= 0.6 is 0 Å². The van der Waals surface area contributed by atoms with Crippen LogP contribution in [0.15, 0.2) is 30.5 Å². The number of nitrogens with one attached hydrogen (secondary N) is 2. The number of carbonyl (C=O) groups is 2. The second-order valence-electron chi connectivity index (χ2n) is 5.60. The predicted octanol–water partition coefficient (Wildman–Crippen LogP) is 2.13. The van der Waals surface area contributed by atoms with Crippen molar-refractivity contribution in [3.8, 4) is 0 Å². The summed E-state index contributed by atoms with van der Waals surface area (Å²) in [5, 5.41) is 0.882. The zero-order valence-corrected chi connectivity index (χ0v) is 12.1. The smallest absolute Gasteiger partial charge is 0.271 e. The molecule has 1 aliphatic carbocycles. The van der Waals surface area contributed by atoms with Crippen LogP contribution < -0.4 is 10.9 Å². The summed E-state index contributed by atoms with van der Waals surface area (Å²) in [7, 11) is 1.90. The van der Waals surface area contributed by atoms with E-state index >= 15 is 0 Å². The number of hydrogen-bond acceptors (Lipinski definition) is 2. The average Bonchev–Trinajstić information content (AvgIpc) is 3.13. The fourth-order valence-corrected chi connectivity index (χ4v) is 3.00. The van der Waals surface area contributed by atoms with Crippen molar-refractivity contribution in [2.75, 3.05) is 0 Å². The number of aromatic nitrogens is 1. The molecule has 1 saturated carbocycles. The van der Waals surface area contributed by atoms with Gasteiger partial charge in [-0.2, -0.15) is 0 Å². The first-order chi connectivity index (χ1) is 10.2. The van der Waals surface area contributed by atoms with Crippen LogP contribution in [-0.4, -0.2) is 16.4 Å². The van der Waals surface area contributed by atoms with E-state index in [0.29, 0.717) is 5.56 Å². The Balaban J connectivity index is 1.71. The minimum Gasteiger partial charge on any atom is -0.350 e. The average molecular weight is 285 g/mol. The van der Waals surface area contributed by atoms with Crippen molar-refractivity contribution in [1.82, 2.24) is 15.4 Å². The van der Waals surface area contributed by atoms with Gasteiger partial charge in [0.1, 0.15) is 0 Å². The van der Waals surface area contributed by atoms with Crippen molar-refractivity contribution < 1.29 is 9.59 Å². The van der Waals surface area contributed by atoms with Crippen molar-refractivity contribution in [3.05, 3.63) is 36.0 Å². The Morgan fingerprint density at radius 3 is 2.62 bits per heavy atom. The lowest BCUT2D eigenvalue weighted by Crippen LogP contribution is -2.44. The SMILES string of the molecule is Cn1cc(C(=O)NNC(=O)C2CCCC2)c2ccccc21. The monoisotopic (exact) mass is 285 g/mol. The number of aryl methyl sites for hydroxylation is 1. The highest BCUT2D eigenvalue weighted by Crippen LogP contribution is 2.24. The van der Waals surface area contributed by atoms with E-state index in [2.05, 4.69) is 10.9 Å². The minimum absolute atomic E-state index is 0.0396. The van der Waals surface area contributed by atoms with E-state index in [1.165, 1.54) is 0 Å². The molecule has 0 saturated heterocycles. The second-order valence-corrected chi connectivity index (χ2v) is 5.60. The molecule has 5 nitrogen and oxygen atoms in total. The number of carbonyl (C=O) groups excluding carboxylic acids is 2. The number of rotatable bonds is 2. The van der Waals surface area contributed by atoms with Gasteiger partial charge < -0.3 is 4.57 Å². The van der Waals surface area contributed by atoms with Crippen molar-refractivity contribution in [2.24, 2.45) is 13.0 Å². The van der Waals surface area contributed by atoms with Crippen molar-refractivity contribution in [3.63, 3.8) is 0 Å². The molecule has 2 N–H and O–H groups in total. The van der Waals surface area contributed by atoms with Crippen LogP contribution in [0.2, 0.25) is 0 Å². The second kappa shape index (κ2) is 5.60. The van der Waals surface area contributed by atoms with Crippen molar-refractivity contribution in [2.45, 2.75) is 25.7 Å². The lowest BCUT2D eigenvalue weighted by molar-refractivity contribution is -0.125. The first-order valence-corrected chi connectivity index (χ1v) is 7.31. The largest absolute Gasteiger partial charge is 0.350 e. The summed E-state index contributed by atoms with van der Waals surface area (Å²) in [4.78, 5) is 24.2. The summed E-state index contributed by atoms with van der Waals surface area (Å²) in [5.41, 5.74) is 6.64. The molecule has 0 bridgehead atoms. The van der Waals surface area contributed by atoms with Gasteiger partial charge in [-0.05, 0) is 18.9 Å². The number of fused-ring (bicyclic) bond motifs is 1. The molecule has 0 radical (unpaired) electrons. The quantitative estimate of drug-likeness (QED) is 0.830. The fourth-order valence-electron chi connectivity index (χ4n) is 3.00.